The summed E-state index contributed by atoms with van der Waals surface area (Å²) >= 11 is 0. The second kappa shape index (κ2) is 4.48. The molecule has 0 aromatic carbocycles. The second-order valence-electron chi connectivity index (χ2n) is 2.98. The molecule has 1 N–H and O–H groups in total. The van der Waals surface area contributed by atoms with E-state index < -0.39 is 23.8 Å². The summed E-state index contributed by atoms with van der Waals surface area (Å²) in [6, 6.07) is 0. The Kier molecular flexibility index (Phi) is 3.45. The van der Waals surface area contributed by atoms with Crippen molar-refractivity contribution in [1.29, 1.82) is 0 Å². The first kappa shape index (κ1) is 13.1. The molecule has 0 fully saturated rings. The van der Waals surface area contributed by atoms with Gasteiger partial charge < -0.3 is 14.6 Å². The van der Waals surface area contributed by atoms with Gasteiger partial charge in [0.15, 0.2) is 11.4 Å². The molecule has 0 bridgehead atoms. The summed E-state index contributed by atoms with van der Waals surface area (Å²) in [5.41, 5.74) is -0.905. The number of hydrogen-bond donors (Lipinski definition) is 1. The van der Waals surface area contributed by atoms with Crippen LogP contribution < -0.4 is 9.47 Å². The molecule has 0 atom stereocenters. The lowest BCUT2D eigenvalue weighted by Gasteiger charge is -2.14. The monoisotopic (exact) mass is 251 g/mol. The molecule has 94 valence electrons. The van der Waals surface area contributed by atoms with Gasteiger partial charge in [0, 0.05) is 5.56 Å². The molecule has 17 heavy (non-hydrogen) atoms. The maximum Gasteiger partial charge on any atom is 0.573 e. The summed E-state index contributed by atoms with van der Waals surface area (Å²) < 4.78 is 44.7. The van der Waals surface area contributed by atoms with E-state index in [4.69, 9.17) is 9.84 Å². The first-order valence-corrected chi connectivity index (χ1v) is 4.29. The van der Waals surface area contributed by atoms with E-state index in [0.717, 1.165) is 6.20 Å². The van der Waals surface area contributed by atoms with Gasteiger partial charge >= 0.3 is 12.3 Å². The molecule has 0 radical (unpaired) electrons. The van der Waals surface area contributed by atoms with Crippen molar-refractivity contribution in [2.75, 3.05) is 7.11 Å². The van der Waals surface area contributed by atoms with Gasteiger partial charge in [0.2, 0.25) is 0 Å². The van der Waals surface area contributed by atoms with Crippen LogP contribution in [0.2, 0.25) is 0 Å². The molecule has 0 saturated carbocycles. The zero-order chi connectivity index (χ0) is 13.2. The van der Waals surface area contributed by atoms with Crippen molar-refractivity contribution in [2.24, 2.45) is 0 Å². The Hall–Kier alpha value is -1.99. The molecule has 1 rings (SSSR count). The van der Waals surface area contributed by atoms with Crippen LogP contribution >= 0.6 is 0 Å². The summed E-state index contributed by atoms with van der Waals surface area (Å²) in [6.07, 6.45) is -3.98. The number of hydrogen-bond acceptors (Lipinski definition) is 4. The average molecular weight is 251 g/mol. The Morgan fingerprint density at radius 1 is 1.47 bits per heavy atom. The summed E-state index contributed by atoms with van der Waals surface area (Å²) in [5, 5.41) is 8.70. The minimum atomic E-state index is -5.00. The van der Waals surface area contributed by atoms with Gasteiger partial charge in [0.25, 0.3) is 0 Å². The third-order valence-corrected chi connectivity index (χ3v) is 1.88. The van der Waals surface area contributed by atoms with Crippen molar-refractivity contribution in [3.8, 4) is 11.5 Å². The lowest BCUT2D eigenvalue weighted by molar-refractivity contribution is -0.275. The van der Waals surface area contributed by atoms with Gasteiger partial charge in [-0.2, -0.15) is 0 Å². The maximum absolute atomic E-state index is 12.1. The first-order valence-electron chi connectivity index (χ1n) is 4.29. The van der Waals surface area contributed by atoms with Gasteiger partial charge in [0.1, 0.15) is 5.75 Å². The van der Waals surface area contributed by atoms with E-state index in [2.05, 4.69) is 9.72 Å². The van der Waals surface area contributed by atoms with E-state index in [1.807, 2.05) is 0 Å². The fourth-order valence-electron chi connectivity index (χ4n) is 1.17. The normalized spacial score (nSPS) is 11.1. The predicted octanol–water partition coefficient (Wildman–Crippen LogP) is 2.00. The van der Waals surface area contributed by atoms with Crippen LogP contribution in [0.1, 0.15) is 16.1 Å². The number of methoxy groups -OCH3 is 1. The number of aromatic nitrogens is 1. The van der Waals surface area contributed by atoms with Crippen molar-refractivity contribution in [1.82, 2.24) is 4.98 Å². The highest BCUT2D eigenvalue weighted by Crippen LogP contribution is 2.33. The first-order chi connectivity index (χ1) is 7.76. The van der Waals surface area contributed by atoms with Crippen LogP contribution in [0, 0.1) is 6.92 Å². The van der Waals surface area contributed by atoms with Gasteiger partial charge in [-0.05, 0) is 6.92 Å². The van der Waals surface area contributed by atoms with Crippen LogP contribution in [-0.4, -0.2) is 29.5 Å². The molecule has 1 aromatic rings. The Morgan fingerprint density at radius 3 is 2.47 bits per heavy atom. The molecule has 1 aromatic heterocycles. The smallest absolute Gasteiger partial charge is 0.495 e. The maximum atomic E-state index is 12.1. The van der Waals surface area contributed by atoms with Crippen molar-refractivity contribution < 1.29 is 32.5 Å². The van der Waals surface area contributed by atoms with Crippen molar-refractivity contribution in [3.63, 3.8) is 0 Å². The largest absolute Gasteiger partial charge is 0.573 e. The van der Waals surface area contributed by atoms with E-state index in [9.17, 15) is 18.0 Å². The molecule has 1 heterocycles. The zero-order valence-corrected chi connectivity index (χ0v) is 8.83. The SMILES string of the molecule is COc1cnc(C(=O)O)c(OC(F)(F)F)c1C. The van der Waals surface area contributed by atoms with E-state index in [0.29, 0.717) is 0 Å². The third kappa shape index (κ3) is 2.99. The standard InChI is InChI=1S/C9H8F3NO4/c1-4-5(16-2)3-13-6(8(14)15)7(4)17-9(10,11)12/h3H,1-2H3,(H,14,15). The van der Waals surface area contributed by atoms with Crippen LogP contribution in [0.5, 0.6) is 11.5 Å². The van der Waals surface area contributed by atoms with E-state index in [1.54, 1.807) is 0 Å². The summed E-state index contributed by atoms with van der Waals surface area (Å²) in [4.78, 5) is 14.1. The highest BCUT2D eigenvalue weighted by atomic mass is 19.4. The number of aromatic carboxylic acids is 1. The molecule has 0 spiro atoms. The van der Waals surface area contributed by atoms with Crippen molar-refractivity contribution in [2.45, 2.75) is 13.3 Å². The predicted molar refractivity (Wildman–Crippen MR) is 49.2 cm³/mol. The van der Waals surface area contributed by atoms with E-state index in [-0.39, 0.29) is 11.3 Å². The second-order valence-corrected chi connectivity index (χ2v) is 2.98. The number of alkyl halides is 3. The van der Waals surface area contributed by atoms with Crippen LogP contribution in [0.3, 0.4) is 0 Å². The van der Waals surface area contributed by atoms with E-state index in [1.165, 1.54) is 14.0 Å². The minimum absolute atomic E-state index is 0.00856. The Balaban J connectivity index is 3.35. The number of rotatable bonds is 3. The van der Waals surface area contributed by atoms with E-state index >= 15 is 0 Å². The Morgan fingerprint density at radius 2 is 2.06 bits per heavy atom. The lowest BCUT2D eigenvalue weighted by atomic mass is 10.2. The van der Waals surface area contributed by atoms with Crippen LogP contribution in [0.15, 0.2) is 6.20 Å². The quantitative estimate of drug-likeness (QED) is 0.889. The number of carbonyl (C=O) groups is 1. The summed E-state index contributed by atoms with van der Waals surface area (Å²) in [6.45, 7) is 1.24. The molecular weight excluding hydrogens is 243 g/mol. The van der Waals surface area contributed by atoms with Crippen LogP contribution in [0.25, 0.3) is 0 Å². The summed E-state index contributed by atoms with van der Waals surface area (Å²) in [5.74, 6) is -2.48. The number of nitrogens with zero attached hydrogens (tertiary/aromatic N) is 1. The topological polar surface area (TPSA) is 68.7 Å². The van der Waals surface area contributed by atoms with Crippen molar-refractivity contribution >= 4 is 5.97 Å². The molecular formula is C9H8F3NO4. The minimum Gasteiger partial charge on any atom is -0.495 e. The van der Waals surface area contributed by atoms with Crippen LogP contribution in [0.4, 0.5) is 13.2 Å². The third-order valence-electron chi connectivity index (χ3n) is 1.88. The number of ether oxygens (including phenoxy) is 2. The highest BCUT2D eigenvalue weighted by Gasteiger charge is 2.35. The van der Waals surface area contributed by atoms with Gasteiger partial charge in [0.05, 0.1) is 13.3 Å². The summed E-state index contributed by atoms with van der Waals surface area (Å²) in [7, 11) is 1.22. The number of carboxylic acids is 1. The van der Waals surface area contributed by atoms with Gasteiger partial charge in [-0.3, -0.25) is 0 Å². The van der Waals surface area contributed by atoms with Gasteiger partial charge in [-0.15, -0.1) is 13.2 Å². The molecule has 0 aliphatic heterocycles. The fraction of sp³-hybridized carbons (Fsp3) is 0.333. The fourth-order valence-corrected chi connectivity index (χ4v) is 1.17. The Labute approximate surface area is 93.8 Å². The molecule has 8 heteroatoms. The number of halogens is 3. The van der Waals surface area contributed by atoms with Crippen molar-refractivity contribution in [3.05, 3.63) is 17.5 Å². The van der Waals surface area contributed by atoms with Gasteiger partial charge in [-0.25, -0.2) is 9.78 Å². The molecule has 0 unspecified atom stereocenters. The molecule has 0 aliphatic carbocycles. The molecule has 0 saturated heterocycles. The number of pyridine rings is 1. The molecule has 0 amide bonds. The lowest BCUT2D eigenvalue weighted by Crippen LogP contribution is -2.20. The average Bonchev–Trinajstić information content (AvgIpc) is 2.18. The molecule has 0 aliphatic rings. The highest BCUT2D eigenvalue weighted by molar-refractivity contribution is 5.89. The van der Waals surface area contributed by atoms with Crippen LogP contribution in [-0.2, 0) is 0 Å². The zero-order valence-electron chi connectivity index (χ0n) is 8.83. The van der Waals surface area contributed by atoms with Gasteiger partial charge in [-0.1, -0.05) is 0 Å². The Bertz CT molecular complexity index is 445. The molecule has 5 nitrogen and oxygen atoms in total. The number of carboxylic acid groups (broad SMARTS) is 1.